The first-order valence-electron chi connectivity index (χ1n) is 11.4. The zero-order valence-electron chi connectivity index (χ0n) is 18.2. The Morgan fingerprint density at radius 1 is 1.16 bits per heavy atom. The molecule has 1 saturated carbocycles. The van der Waals surface area contributed by atoms with Gasteiger partial charge in [-0.3, -0.25) is 14.5 Å². The predicted octanol–water partition coefficient (Wildman–Crippen LogP) is 3.50. The maximum atomic E-state index is 13.9. The van der Waals surface area contributed by atoms with E-state index in [9.17, 15) is 14.0 Å². The number of piperidine rings is 1. The van der Waals surface area contributed by atoms with Gasteiger partial charge in [0.05, 0.1) is 6.04 Å². The number of hydrogen-bond acceptors (Lipinski definition) is 5. The first-order chi connectivity index (χ1) is 15.5. The van der Waals surface area contributed by atoms with E-state index < -0.39 is 5.82 Å². The molecular formula is C24H27FN4O3. The summed E-state index contributed by atoms with van der Waals surface area (Å²) in [7, 11) is 0. The number of hydrogen-bond donors (Lipinski definition) is 0. The summed E-state index contributed by atoms with van der Waals surface area (Å²) in [5, 5.41) is 0. The fraction of sp³-hybridized carbons (Fsp3) is 0.500. The van der Waals surface area contributed by atoms with E-state index in [2.05, 4.69) is 0 Å². The van der Waals surface area contributed by atoms with Crippen LogP contribution in [0.25, 0.3) is 0 Å². The fourth-order valence-electron chi connectivity index (χ4n) is 4.71. The molecule has 0 spiro atoms. The molecule has 1 aromatic carbocycles. The Hall–Kier alpha value is -3.03. The van der Waals surface area contributed by atoms with E-state index in [4.69, 9.17) is 14.7 Å². The number of likely N-dealkylation sites (tertiary alicyclic amines) is 1. The summed E-state index contributed by atoms with van der Waals surface area (Å²) in [5.41, 5.74) is 1.92. The number of halogens is 1. The van der Waals surface area contributed by atoms with Crippen LogP contribution >= 0.6 is 0 Å². The number of aromatic nitrogens is 2. The maximum Gasteiger partial charge on any atom is 0.261 e. The van der Waals surface area contributed by atoms with E-state index in [-0.39, 0.29) is 36.3 Å². The highest BCUT2D eigenvalue weighted by molar-refractivity contribution is 5.96. The Morgan fingerprint density at radius 2 is 1.97 bits per heavy atom. The second kappa shape index (κ2) is 8.48. The molecule has 3 aliphatic rings. The summed E-state index contributed by atoms with van der Waals surface area (Å²) in [6.07, 6.45) is 5.77. The summed E-state index contributed by atoms with van der Waals surface area (Å²) in [6, 6.07) is 6.03. The van der Waals surface area contributed by atoms with E-state index in [1.807, 2.05) is 11.8 Å². The molecule has 168 valence electrons. The molecule has 1 unspecified atom stereocenters. The number of ether oxygens (including phenoxy) is 1. The minimum Gasteiger partial charge on any atom is -0.481 e. The maximum absolute atomic E-state index is 13.9. The third-order valence-corrected chi connectivity index (χ3v) is 6.52. The van der Waals surface area contributed by atoms with Crippen molar-refractivity contribution >= 4 is 17.6 Å². The van der Waals surface area contributed by atoms with Gasteiger partial charge < -0.3 is 9.64 Å². The van der Waals surface area contributed by atoms with Gasteiger partial charge in [-0.05, 0) is 57.6 Å². The summed E-state index contributed by atoms with van der Waals surface area (Å²) in [6.45, 7) is 2.30. The van der Waals surface area contributed by atoms with Gasteiger partial charge in [0, 0.05) is 30.3 Å². The number of amides is 2. The van der Waals surface area contributed by atoms with E-state index in [1.165, 1.54) is 12.1 Å². The minimum atomic E-state index is -0.492. The second-order valence-corrected chi connectivity index (χ2v) is 8.78. The van der Waals surface area contributed by atoms with Gasteiger partial charge in [0.1, 0.15) is 5.82 Å². The predicted molar refractivity (Wildman–Crippen MR) is 116 cm³/mol. The number of anilines is 1. The summed E-state index contributed by atoms with van der Waals surface area (Å²) in [4.78, 5) is 38.9. The van der Waals surface area contributed by atoms with Crippen LogP contribution in [0, 0.1) is 12.7 Å². The molecule has 1 saturated heterocycles. The molecule has 1 aromatic heterocycles. The van der Waals surface area contributed by atoms with Crippen LogP contribution in [0.2, 0.25) is 0 Å². The van der Waals surface area contributed by atoms with Gasteiger partial charge >= 0.3 is 0 Å². The van der Waals surface area contributed by atoms with Crippen LogP contribution in [0.3, 0.4) is 0 Å². The molecule has 0 radical (unpaired) electrons. The van der Waals surface area contributed by atoms with Gasteiger partial charge in [-0.25, -0.2) is 14.4 Å². The first kappa shape index (κ1) is 20.8. The lowest BCUT2D eigenvalue weighted by Crippen LogP contribution is -2.43. The van der Waals surface area contributed by atoms with Crippen molar-refractivity contribution < 1.29 is 18.7 Å². The molecule has 1 aliphatic carbocycles. The Balaban J connectivity index is 1.40. The van der Waals surface area contributed by atoms with Crippen molar-refractivity contribution in [1.29, 1.82) is 0 Å². The Labute approximate surface area is 186 Å². The number of carbonyl (C=O) groups is 2. The number of nitrogens with zero attached hydrogens (tertiary/aromatic N) is 4. The van der Waals surface area contributed by atoms with Crippen LogP contribution < -0.4 is 9.64 Å². The monoisotopic (exact) mass is 438 g/mol. The lowest BCUT2D eigenvalue weighted by molar-refractivity contribution is -0.137. The van der Waals surface area contributed by atoms with Gasteiger partial charge in [0.15, 0.2) is 24.0 Å². The third kappa shape index (κ3) is 3.94. The number of para-hydroxylation sites is 1. The van der Waals surface area contributed by atoms with Crippen LogP contribution in [0.1, 0.15) is 61.6 Å². The molecule has 32 heavy (non-hydrogen) atoms. The van der Waals surface area contributed by atoms with Gasteiger partial charge in [0.2, 0.25) is 5.91 Å². The number of fused-ring (bicyclic) bond motifs is 1. The average molecular weight is 439 g/mol. The zero-order valence-corrected chi connectivity index (χ0v) is 18.2. The SMILES string of the molecule is Cc1nc(C2CCCCN2C(=O)COc2ccccc2F)nc2c1CCC(=O)N2C1CC1. The van der Waals surface area contributed by atoms with Crippen LogP contribution in [0.5, 0.6) is 5.75 Å². The van der Waals surface area contributed by atoms with Crippen molar-refractivity contribution in [3.05, 3.63) is 47.2 Å². The largest absolute Gasteiger partial charge is 0.481 e. The van der Waals surface area contributed by atoms with Crippen LogP contribution in [-0.2, 0) is 16.0 Å². The number of rotatable bonds is 5. The summed E-state index contributed by atoms with van der Waals surface area (Å²) >= 11 is 0. The van der Waals surface area contributed by atoms with Crippen molar-refractivity contribution in [3.8, 4) is 5.75 Å². The van der Waals surface area contributed by atoms with Crippen molar-refractivity contribution in [3.63, 3.8) is 0 Å². The molecule has 0 N–H and O–H groups in total. The molecular weight excluding hydrogens is 411 g/mol. The van der Waals surface area contributed by atoms with Gasteiger partial charge in [-0.1, -0.05) is 12.1 Å². The molecule has 8 heteroatoms. The quantitative estimate of drug-likeness (QED) is 0.714. The highest BCUT2D eigenvalue weighted by atomic mass is 19.1. The Bertz CT molecular complexity index is 1060. The Morgan fingerprint density at radius 3 is 2.75 bits per heavy atom. The topological polar surface area (TPSA) is 75.6 Å². The van der Waals surface area contributed by atoms with Crippen molar-refractivity contribution in [2.24, 2.45) is 0 Å². The van der Waals surface area contributed by atoms with Gasteiger partial charge in [-0.2, -0.15) is 0 Å². The lowest BCUT2D eigenvalue weighted by Gasteiger charge is -2.36. The summed E-state index contributed by atoms with van der Waals surface area (Å²) in [5.74, 6) is 0.793. The highest BCUT2D eigenvalue weighted by Gasteiger charge is 2.40. The fourth-order valence-corrected chi connectivity index (χ4v) is 4.71. The molecule has 2 aliphatic heterocycles. The molecule has 3 heterocycles. The van der Waals surface area contributed by atoms with Crippen molar-refractivity contribution in [2.75, 3.05) is 18.1 Å². The normalized spacial score (nSPS) is 20.8. The first-order valence-corrected chi connectivity index (χ1v) is 11.4. The molecule has 2 fully saturated rings. The highest BCUT2D eigenvalue weighted by Crippen LogP contribution is 2.39. The van der Waals surface area contributed by atoms with Crippen LogP contribution in [0.15, 0.2) is 24.3 Å². The zero-order chi connectivity index (χ0) is 22.2. The second-order valence-electron chi connectivity index (χ2n) is 8.78. The standard InChI is InChI=1S/C24H27FN4O3/c1-15-17-11-12-21(30)29(16-9-10-16)24(17)27-23(26-15)19-7-4-5-13-28(19)22(31)14-32-20-8-3-2-6-18(20)25/h2-3,6,8,16,19H,4-5,7,9-14H2,1H3. The van der Waals surface area contributed by atoms with Crippen LogP contribution in [-0.4, -0.2) is 45.9 Å². The molecule has 2 aromatic rings. The van der Waals surface area contributed by atoms with Crippen LogP contribution in [0.4, 0.5) is 10.2 Å². The molecule has 7 nitrogen and oxygen atoms in total. The van der Waals surface area contributed by atoms with Gasteiger partial charge in [0.25, 0.3) is 5.91 Å². The van der Waals surface area contributed by atoms with E-state index >= 15 is 0 Å². The third-order valence-electron chi connectivity index (χ3n) is 6.52. The summed E-state index contributed by atoms with van der Waals surface area (Å²) < 4.78 is 19.3. The molecule has 1 atom stereocenters. The number of benzene rings is 1. The van der Waals surface area contributed by atoms with Crippen molar-refractivity contribution in [2.45, 2.75) is 64.0 Å². The molecule has 2 amide bonds. The minimum absolute atomic E-state index is 0.0638. The van der Waals surface area contributed by atoms with Crippen molar-refractivity contribution in [1.82, 2.24) is 14.9 Å². The Kier molecular flexibility index (Phi) is 5.53. The van der Waals surface area contributed by atoms with E-state index in [1.54, 1.807) is 17.0 Å². The van der Waals surface area contributed by atoms with Gasteiger partial charge in [-0.15, -0.1) is 0 Å². The molecule has 5 rings (SSSR count). The average Bonchev–Trinajstić information content (AvgIpc) is 3.63. The van der Waals surface area contributed by atoms with E-state index in [0.717, 1.165) is 49.2 Å². The number of carbonyl (C=O) groups excluding carboxylic acids is 2. The molecule has 0 bridgehead atoms. The number of aryl methyl sites for hydroxylation is 1. The smallest absolute Gasteiger partial charge is 0.261 e. The van der Waals surface area contributed by atoms with E-state index in [0.29, 0.717) is 25.2 Å². The lowest BCUT2D eigenvalue weighted by atomic mass is 9.99.